The molecule has 13 nitrogen and oxygen atoms in total. The lowest BCUT2D eigenvalue weighted by Gasteiger charge is -2.53. The van der Waals surface area contributed by atoms with Gasteiger partial charge in [-0.3, -0.25) is 24.0 Å². The Morgan fingerprint density at radius 1 is 0.711 bits per heavy atom. The van der Waals surface area contributed by atoms with Crippen molar-refractivity contribution in [1.82, 2.24) is 5.06 Å². The number of piperidine rings is 1. The molecule has 0 bridgehead atoms. The third-order valence-electron chi connectivity index (χ3n) is 6.05. The van der Waals surface area contributed by atoms with Crippen molar-refractivity contribution in [2.45, 2.75) is 123 Å². The molecule has 2 saturated heterocycles. The number of hydrogen-bond donors (Lipinski definition) is 0. The fraction of sp³-hybridized carbons (Fsp3) is 0.800. The standard InChI is InChI=1S/C25H39NO12/c1-13(27)32-12-19-20(33-14(2)28)21(34-15(3)29)22(35-16(4)30)23(37-19)36-18-10-24(6,7)26(38-17(5)31)25(8,9)11-18/h18-23H,10-12H2,1-9H3/t19-,20-,21+,22-,23-/m1/s1. The molecular formula is C25H39NO12. The van der Waals surface area contributed by atoms with Crippen LogP contribution in [0.5, 0.6) is 0 Å². The van der Waals surface area contributed by atoms with Crippen molar-refractivity contribution in [2.75, 3.05) is 6.61 Å². The van der Waals surface area contributed by atoms with Gasteiger partial charge < -0.3 is 33.3 Å². The summed E-state index contributed by atoms with van der Waals surface area (Å²) in [6.45, 7) is 13.2. The molecule has 0 aromatic rings. The molecule has 0 aromatic carbocycles. The number of carbonyl (C=O) groups is 5. The summed E-state index contributed by atoms with van der Waals surface area (Å²) in [6, 6.07) is 0. The summed E-state index contributed by atoms with van der Waals surface area (Å²) in [4.78, 5) is 64.7. The van der Waals surface area contributed by atoms with Crippen molar-refractivity contribution in [1.29, 1.82) is 0 Å². The molecule has 216 valence electrons. The first-order chi connectivity index (χ1) is 17.4. The molecule has 2 aliphatic rings. The van der Waals surface area contributed by atoms with Gasteiger partial charge in [-0.25, -0.2) is 0 Å². The normalized spacial score (nSPS) is 29.0. The molecule has 13 heteroatoms. The molecule has 0 saturated carbocycles. The molecule has 2 heterocycles. The Morgan fingerprint density at radius 3 is 1.63 bits per heavy atom. The largest absolute Gasteiger partial charge is 0.463 e. The molecule has 0 radical (unpaired) electrons. The maximum absolute atomic E-state index is 12.1. The van der Waals surface area contributed by atoms with Gasteiger partial charge >= 0.3 is 29.8 Å². The van der Waals surface area contributed by atoms with Crippen LogP contribution in [0.4, 0.5) is 0 Å². The van der Waals surface area contributed by atoms with Crippen LogP contribution in [0, 0.1) is 0 Å². The van der Waals surface area contributed by atoms with Crippen molar-refractivity contribution in [3.05, 3.63) is 0 Å². The smallest absolute Gasteiger partial charge is 0.322 e. The van der Waals surface area contributed by atoms with Gasteiger partial charge in [0.1, 0.15) is 12.7 Å². The van der Waals surface area contributed by atoms with E-state index in [0.717, 1.165) is 20.8 Å². The predicted octanol–water partition coefficient (Wildman–Crippen LogP) is 1.59. The topological polar surface area (TPSA) is 153 Å². The molecule has 2 aliphatic heterocycles. The Hall–Kier alpha value is -2.77. The fourth-order valence-corrected chi connectivity index (χ4v) is 5.13. The van der Waals surface area contributed by atoms with Crippen molar-refractivity contribution in [3.8, 4) is 0 Å². The van der Waals surface area contributed by atoms with Crippen LogP contribution in [0.3, 0.4) is 0 Å². The second-order valence-corrected chi connectivity index (χ2v) is 10.7. The van der Waals surface area contributed by atoms with Gasteiger partial charge in [0.15, 0.2) is 24.6 Å². The van der Waals surface area contributed by atoms with E-state index in [-0.39, 0.29) is 6.61 Å². The van der Waals surface area contributed by atoms with E-state index in [9.17, 15) is 24.0 Å². The summed E-state index contributed by atoms with van der Waals surface area (Å²) in [5.74, 6) is -3.22. The van der Waals surface area contributed by atoms with E-state index in [0.29, 0.717) is 12.8 Å². The molecule has 5 atom stereocenters. The SMILES string of the molecule is CC(=O)OC[C@H]1O[C@@H](OC2CC(C)(C)N(OC(C)=O)C(C)(C)C2)[C@H](OC(C)=O)[C@@H](OC(C)=O)[C@@H]1OC(C)=O. The molecule has 0 aromatic heterocycles. The third kappa shape index (κ3) is 8.37. The summed E-state index contributed by atoms with van der Waals surface area (Å²) in [6.07, 6.45) is -6.01. The van der Waals surface area contributed by atoms with Gasteiger partial charge in [0.05, 0.1) is 17.2 Å². The van der Waals surface area contributed by atoms with E-state index in [1.54, 1.807) is 5.06 Å². The zero-order valence-electron chi connectivity index (χ0n) is 23.4. The molecule has 0 amide bonds. The first-order valence-electron chi connectivity index (χ1n) is 12.4. The van der Waals surface area contributed by atoms with E-state index in [1.165, 1.54) is 13.8 Å². The monoisotopic (exact) mass is 545 g/mol. The van der Waals surface area contributed by atoms with Crippen molar-refractivity contribution in [2.24, 2.45) is 0 Å². The number of ether oxygens (including phenoxy) is 6. The summed E-state index contributed by atoms with van der Waals surface area (Å²) in [5, 5.41) is 1.63. The Morgan fingerprint density at radius 2 is 1.18 bits per heavy atom. The zero-order chi connectivity index (χ0) is 29.0. The van der Waals surface area contributed by atoms with Gasteiger partial charge in [-0.2, -0.15) is 0 Å². The molecule has 2 fully saturated rings. The lowest BCUT2D eigenvalue weighted by Crippen LogP contribution is -2.65. The molecule has 0 unspecified atom stereocenters. The molecule has 0 spiro atoms. The number of hydrogen-bond acceptors (Lipinski definition) is 13. The van der Waals surface area contributed by atoms with E-state index in [1.807, 2.05) is 27.7 Å². The second kappa shape index (κ2) is 12.4. The highest BCUT2D eigenvalue weighted by Crippen LogP contribution is 2.41. The highest BCUT2D eigenvalue weighted by molar-refractivity contribution is 5.68. The number of carbonyl (C=O) groups excluding carboxylic acids is 5. The minimum absolute atomic E-state index is 0.348. The van der Waals surface area contributed by atoms with E-state index in [2.05, 4.69) is 0 Å². The maximum Gasteiger partial charge on any atom is 0.322 e. The Balaban J connectivity index is 2.44. The summed E-state index contributed by atoms with van der Waals surface area (Å²) >= 11 is 0. The first-order valence-corrected chi connectivity index (χ1v) is 12.4. The van der Waals surface area contributed by atoms with Crippen LogP contribution in [0.25, 0.3) is 0 Å². The number of nitrogens with zero attached hydrogens (tertiary/aromatic N) is 1. The van der Waals surface area contributed by atoms with E-state index >= 15 is 0 Å². The predicted molar refractivity (Wildman–Crippen MR) is 128 cm³/mol. The van der Waals surface area contributed by atoms with Crippen molar-refractivity contribution >= 4 is 29.8 Å². The van der Waals surface area contributed by atoms with Crippen molar-refractivity contribution in [3.63, 3.8) is 0 Å². The van der Waals surface area contributed by atoms with E-state index in [4.69, 9.17) is 33.3 Å². The average Bonchev–Trinajstić information content (AvgIpc) is 2.72. The maximum atomic E-state index is 12.1. The molecule has 0 N–H and O–H groups in total. The highest BCUT2D eigenvalue weighted by Gasteiger charge is 2.55. The summed E-state index contributed by atoms with van der Waals surface area (Å²) in [7, 11) is 0. The quantitative estimate of drug-likeness (QED) is 0.321. The van der Waals surface area contributed by atoms with Gasteiger partial charge in [0.2, 0.25) is 0 Å². The molecule has 2 rings (SSSR count). The van der Waals surface area contributed by atoms with Crippen LogP contribution in [-0.2, 0) is 57.2 Å². The molecule has 0 aliphatic carbocycles. The van der Waals surface area contributed by atoms with Crippen molar-refractivity contribution < 1.29 is 57.2 Å². The van der Waals surface area contributed by atoms with Crippen LogP contribution in [-0.4, -0.2) is 89.4 Å². The van der Waals surface area contributed by atoms with Crippen LogP contribution in [0.2, 0.25) is 0 Å². The summed E-state index contributed by atoms with van der Waals surface area (Å²) < 4.78 is 33.8. The van der Waals surface area contributed by atoms with Gasteiger partial charge in [-0.1, -0.05) is 0 Å². The molecular weight excluding hydrogens is 506 g/mol. The summed E-state index contributed by atoms with van der Waals surface area (Å²) in [5.41, 5.74) is -1.31. The van der Waals surface area contributed by atoms with Crippen LogP contribution in [0.1, 0.15) is 75.2 Å². The minimum Gasteiger partial charge on any atom is -0.463 e. The van der Waals surface area contributed by atoms with Gasteiger partial charge in [-0.15, -0.1) is 5.06 Å². The van der Waals surface area contributed by atoms with Crippen LogP contribution < -0.4 is 0 Å². The Kier molecular flexibility index (Phi) is 10.3. The molecule has 38 heavy (non-hydrogen) atoms. The Bertz CT molecular complexity index is 898. The van der Waals surface area contributed by atoms with Crippen LogP contribution >= 0.6 is 0 Å². The lowest BCUT2D eigenvalue weighted by atomic mass is 9.80. The van der Waals surface area contributed by atoms with Crippen LogP contribution in [0.15, 0.2) is 0 Å². The van der Waals surface area contributed by atoms with Gasteiger partial charge in [0, 0.05) is 34.6 Å². The number of rotatable bonds is 8. The minimum atomic E-state index is -1.32. The third-order valence-corrected chi connectivity index (χ3v) is 6.05. The highest BCUT2D eigenvalue weighted by atomic mass is 16.7. The fourth-order valence-electron chi connectivity index (χ4n) is 5.13. The van der Waals surface area contributed by atoms with Gasteiger partial charge in [-0.05, 0) is 40.5 Å². The second-order valence-electron chi connectivity index (χ2n) is 10.7. The number of esters is 4. The Labute approximate surface area is 222 Å². The first kappa shape index (κ1) is 31.4. The van der Waals surface area contributed by atoms with E-state index < -0.39 is 77.7 Å². The lowest BCUT2D eigenvalue weighted by molar-refractivity contribution is -0.334. The zero-order valence-corrected chi connectivity index (χ0v) is 23.4. The van der Waals surface area contributed by atoms with Gasteiger partial charge in [0.25, 0.3) is 0 Å². The number of hydroxylamine groups is 2. The average molecular weight is 546 g/mol.